The molecule has 0 aliphatic carbocycles. The Bertz CT molecular complexity index is 409. The number of nitrogens with two attached hydrogens (primary N) is 1. The largest absolute Gasteiger partial charge is 0.348 e. The molecule has 3 N–H and O–H groups in total. The van der Waals surface area contributed by atoms with E-state index < -0.39 is 6.04 Å². The lowest BCUT2D eigenvalue weighted by Crippen LogP contribution is -2.49. The van der Waals surface area contributed by atoms with Crippen LogP contribution in [0.2, 0.25) is 0 Å². The molecule has 0 aliphatic rings. The van der Waals surface area contributed by atoms with E-state index in [9.17, 15) is 9.18 Å². The van der Waals surface area contributed by atoms with Crippen LogP contribution in [0.1, 0.15) is 39.3 Å². The zero-order chi connectivity index (χ0) is 13.9. The van der Waals surface area contributed by atoms with Crippen molar-refractivity contribution in [1.29, 1.82) is 0 Å². The Morgan fingerprint density at radius 1 is 1.28 bits per heavy atom. The molecule has 0 unspecified atom stereocenters. The fraction of sp³-hybridized carbons (Fsp3) is 0.500. The summed E-state index contributed by atoms with van der Waals surface area (Å²) >= 11 is 0. The average molecular weight is 252 g/mol. The molecule has 18 heavy (non-hydrogen) atoms. The first-order chi connectivity index (χ1) is 8.21. The van der Waals surface area contributed by atoms with Crippen molar-refractivity contribution >= 4 is 5.91 Å². The molecule has 1 aromatic rings. The van der Waals surface area contributed by atoms with Crippen LogP contribution < -0.4 is 11.1 Å². The Labute approximate surface area is 108 Å². The van der Waals surface area contributed by atoms with Gasteiger partial charge in [0.15, 0.2) is 0 Å². The number of nitrogens with one attached hydrogen (secondary N) is 1. The Kier molecular flexibility index (Phi) is 4.46. The maximum atomic E-state index is 12.8. The van der Waals surface area contributed by atoms with Crippen molar-refractivity contribution in [3.63, 3.8) is 0 Å². The molecule has 0 saturated heterocycles. The van der Waals surface area contributed by atoms with E-state index in [0.717, 1.165) is 5.56 Å². The molecule has 1 rings (SSSR count). The smallest absolute Gasteiger partial charge is 0.237 e. The molecule has 0 radical (unpaired) electrons. The predicted octanol–water partition coefficient (Wildman–Crippen LogP) is 2.38. The second kappa shape index (κ2) is 5.48. The molecule has 0 aliphatic heterocycles. The van der Waals surface area contributed by atoms with Gasteiger partial charge in [-0.2, -0.15) is 0 Å². The maximum absolute atomic E-state index is 12.8. The molecule has 0 heterocycles. The number of hydrogen-bond acceptors (Lipinski definition) is 2. The SMILES string of the molecule is C[C@H](NC(=O)[C@H](N)C(C)(C)C)c1ccc(F)cc1. The first-order valence-corrected chi connectivity index (χ1v) is 6.03. The van der Waals surface area contributed by atoms with Crippen LogP contribution in [-0.4, -0.2) is 11.9 Å². The summed E-state index contributed by atoms with van der Waals surface area (Å²) in [7, 11) is 0. The monoisotopic (exact) mass is 252 g/mol. The first kappa shape index (κ1) is 14.6. The molecular weight excluding hydrogens is 231 g/mol. The van der Waals surface area contributed by atoms with Gasteiger partial charge in [-0.25, -0.2) is 4.39 Å². The number of amides is 1. The first-order valence-electron chi connectivity index (χ1n) is 6.03. The number of hydrogen-bond donors (Lipinski definition) is 2. The van der Waals surface area contributed by atoms with Gasteiger partial charge >= 0.3 is 0 Å². The van der Waals surface area contributed by atoms with E-state index in [1.807, 2.05) is 27.7 Å². The lowest BCUT2D eigenvalue weighted by molar-refractivity contribution is -0.125. The fourth-order valence-electron chi connectivity index (χ4n) is 1.53. The Morgan fingerprint density at radius 3 is 2.22 bits per heavy atom. The van der Waals surface area contributed by atoms with E-state index in [-0.39, 0.29) is 23.2 Å². The molecule has 0 spiro atoms. The van der Waals surface area contributed by atoms with Crippen LogP contribution in [0.5, 0.6) is 0 Å². The van der Waals surface area contributed by atoms with E-state index in [2.05, 4.69) is 5.32 Å². The van der Waals surface area contributed by atoms with Gasteiger partial charge < -0.3 is 11.1 Å². The molecule has 0 fully saturated rings. The van der Waals surface area contributed by atoms with E-state index in [4.69, 9.17) is 5.73 Å². The van der Waals surface area contributed by atoms with Crippen molar-refractivity contribution in [3.8, 4) is 0 Å². The summed E-state index contributed by atoms with van der Waals surface area (Å²) in [6.45, 7) is 7.60. The number of carbonyl (C=O) groups is 1. The lowest BCUT2D eigenvalue weighted by atomic mass is 9.86. The zero-order valence-corrected chi connectivity index (χ0v) is 11.3. The van der Waals surface area contributed by atoms with Crippen molar-refractivity contribution in [1.82, 2.24) is 5.32 Å². The van der Waals surface area contributed by atoms with Crippen LogP contribution in [0.4, 0.5) is 4.39 Å². The van der Waals surface area contributed by atoms with E-state index in [1.165, 1.54) is 12.1 Å². The van der Waals surface area contributed by atoms with Crippen LogP contribution in [0, 0.1) is 11.2 Å². The highest BCUT2D eigenvalue weighted by Gasteiger charge is 2.28. The summed E-state index contributed by atoms with van der Waals surface area (Å²) in [6, 6.07) is 5.31. The number of halogens is 1. The van der Waals surface area contributed by atoms with Gasteiger partial charge in [-0.1, -0.05) is 32.9 Å². The van der Waals surface area contributed by atoms with Crippen molar-refractivity contribution in [2.45, 2.75) is 39.8 Å². The normalized spacial score (nSPS) is 15.0. The summed E-state index contributed by atoms with van der Waals surface area (Å²) in [4.78, 5) is 11.9. The van der Waals surface area contributed by atoms with E-state index in [0.29, 0.717) is 0 Å². The van der Waals surface area contributed by atoms with Crippen molar-refractivity contribution in [2.24, 2.45) is 11.1 Å². The molecule has 1 amide bonds. The van der Waals surface area contributed by atoms with E-state index >= 15 is 0 Å². The van der Waals surface area contributed by atoms with Crippen molar-refractivity contribution < 1.29 is 9.18 Å². The molecule has 2 atom stereocenters. The zero-order valence-electron chi connectivity index (χ0n) is 11.3. The minimum atomic E-state index is -0.569. The third-order valence-electron chi connectivity index (χ3n) is 2.94. The maximum Gasteiger partial charge on any atom is 0.237 e. The van der Waals surface area contributed by atoms with Crippen molar-refractivity contribution in [3.05, 3.63) is 35.6 Å². The molecule has 4 heteroatoms. The van der Waals surface area contributed by atoms with Gasteiger partial charge in [0.05, 0.1) is 12.1 Å². The third kappa shape index (κ3) is 3.81. The van der Waals surface area contributed by atoms with Gasteiger partial charge in [0.1, 0.15) is 5.82 Å². The second-order valence-electron chi connectivity index (χ2n) is 5.63. The third-order valence-corrected chi connectivity index (χ3v) is 2.94. The molecule has 0 saturated carbocycles. The number of rotatable bonds is 3. The molecule has 3 nitrogen and oxygen atoms in total. The molecule has 1 aromatic carbocycles. The summed E-state index contributed by atoms with van der Waals surface area (Å²) < 4.78 is 12.8. The van der Waals surface area contributed by atoms with E-state index in [1.54, 1.807) is 12.1 Å². The topological polar surface area (TPSA) is 55.1 Å². The highest BCUT2D eigenvalue weighted by molar-refractivity contribution is 5.82. The minimum absolute atomic E-state index is 0.188. The molecule has 100 valence electrons. The fourth-order valence-corrected chi connectivity index (χ4v) is 1.53. The lowest BCUT2D eigenvalue weighted by Gasteiger charge is -2.27. The van der Waals surface area contributed by atoms with Gasteiger partial charge in [-0.3, -0.25) is 4.79 Å². The Morgan fingerprint density at radius 2 is 1.78 bits per heavy atom. The summed E-state index contributed by atoms with van der Waals surface area (Å²) in [5.74, 6) is -0.483. The van der Waals surface area contributed by atoms with Crippen LogP contribution in [0.15, 0.2) is 24.3 Å². The minimum Gasteiger partial charge on any atom is -0.348 e. The van der Waals surface area contributed by atoms with Gasteiger partial charge in [-0.05, 0) is 30.0 Å². The van der Waals surface area contributed by atoms with Crippen molar-refractivity contribution in [2.75, 3.05) is 0 Å². The quantitative estimate of drug-likeness (QED) is 0.867. The summed E-state index contributed by atoms with van der Waals surface area (Å²) in [5.41, 5.74) is 6.44. The van der Waals surface area contributed by atoms with Gasteiger partial charge in [0.25, 0.3) is 0 Å². The van der Waals surface area contributed by atoms with Crippen LogP contribution >= 0.6 is 0 Å². The number of benzene rings is 1. The second-order valence-corrected chi connectivity index (χ2v) is 5.63. The van der Waals surface area contributed by atoms with Gasteiger partial charge in [-0.15, -0.1) is 0 Å². The standard InChI is InChI=1S/C14H21FN2O/c1-9(10-5-7-11(15)8-6-10)17-13(18)12(16)14(2,3)4/h5-9,12H,16H2,1-4H3,(H,17,18)/t9-,12-/m0/s1. The average Bonchev–Trinajstić information content (AvgIpc) is 2.27. The van der Waals surface area contributed by atoms with Crippen LogP contribution in [0.3, 0.4) is 0 Å². The van der Waals surface area contributed by atoms with Crippen LogP contribution in [0.25, 0.3) is 0 Å². The molecular formula is C14H21FN2O. The summed E-state index contributed by atoms with van der Waals surface area (Å²) in [5, 5.41) is 2.84. The predicted molar refractivity (Wildman–Crippen MR) is 70.4 cm³/mol. The number of carbonyl (C=O) groups excluding carboxylic acids is 1. The highest BCUT2D eigenvalue weighted by atomic mass is 19.1. The van der Waals surface area contributed by atoms with Gasteiger partial charge in [0, 0.05) is 0 Å². The Hall–Kier alpha value is -1.42. The van der Waals surface area contributed by atoms with Crippen LogP contribution in [-0.2, 0) is 4.79 Å². The highest BCUT2D eigenvalue weighted by Crippen LogP contribution is 2.19. The molecule has 0 bridgehead atoms. The summed E-state index contributed by atoms with van der Waals surface area (Å²) in [6.07, 6.45) is 0. The Balaban J connectivity index is 2.68. The van der Waals surface area contributed by atoms with Gasteiger partial charge in [0.2, 0.25) is 5.91 Å². The molecule has 0 aromatic heterocycles.